The van der Waals surface area contributed by atoms with Crippen LogP contribution in [0.2, 0.25) is 0 Å². The van der Waals surface area contributed by atoms with E-state index in [0.29, 0.717) is 43.5 Å². The molecule has 1 aromatic carbocycles. The average molecular weight is 451 g/mol. The van der Waals surface area contributed by atoms with Crippen LogP contribution in [-0.4, -0.2) is 53.0 Å². The number of nitrogens with two attached hydrogens (primary N) is 1. The summed E-state index contributed by atoms with van der Waals surface area (Å²) < 4.78 is 19.1. The number of amides is 1. The quantitative estimate of drug-likeness (QED) is 0.768. The Morgan fingerprint density at radius 2 is 2.15 bits per heavy atom. The number of ether oxygens (including phenoxy) is 3. The molecule has 3 aliphatic rings. The fraction of sp³-hybridized carbons (Fsp3) is 0.440. The van der Waals surface area contributed by atoms with E-state index in [4.69, 9.17) is 25.0 Å². The third kappa shape index (κ3) is 3.63. The van der Waals surface area contributed by atoms with Crippen molar-refractivity contribution in [3.8, 4) is 22.8 Å². The first-order valence-electron chi connectivity index (χ1n) is 11.4. The van der Waals surface area contributed by atoms with Crippen molar-refractivity contribution in [1.82, 2.24) is 14.7 Å². The summed E-state index contributed by atoms with van der Waals surface area (Å²) in [5.74, 6) is 1.29. The van der Waals surface area contributed by atoms with Crippen LogP contribution in [0.15, 0.2) is 30.4 Å². The highest BCUT2D eigenvalue weighted by Crippen LogP contribution is 2.44. The van der Waals surface area contributed by atoms with Crippen LogP contribution in [0.1, 0.15) is 48.3 Å². The highest BCUT2D eigenvalue weighted by molar-refractivity contribution is 5.97. The molecule has 1 aromatic heterocycles. The van der Waals surface area contributed by atoms with Crippen molar-refractivity contribution < 1.29 is 19.0 Å². The highest BCUT2D eigenvalue weighted by Gasteiger charge is 2.39. The minimum atomic E-state index is -0.413. The number of carbonyl (C=O) groups is 1. The highest BCUT2D eigenvalue weighted by atomic mass is 16.5. The van der Waals surface area contributed by atoms with Crippen LogP contribution in [0.3, 0.4) is 0 Å². The molecule has 0 spiro atoms. The van der Waals surface area contributed by atoms with Gasteiger partial charge in [0.05, 0.1) is 37.3 Å². The second kappa shape index (κ2) is 8.35. The number of benzene rings is 1. The number of fused-ring (bicyclic) bond motifs is 3. The molecule has 0 saturated carbocycles. The Balaban J connectivity index is 1.69. The largest absolute Gasteiger partial charge is 0.496 e. The fourth-order valence-electron chi connectivity index (χ4n) is 4.75. The van der Waals surface area contributed by atoms with Gasteiger partial charge in [-0.1, -0.05) is 12.2 Å². The Labute approximate surface area is 193 Å². The zero-order valence-electron chi connectivity index (χ0n) is 19.4. The maximum atomic E-state index is 13.8. The number of rotatable bonds is 4. The molecule has 8 heteroatoms. The van der Waals surface area contributed by atoms with Crippen molar-refractivity contribution in [2.45, 2.75) is 45.4 Å². The minimum Gasteiger partial charge on any atom is -0.496 e. The molecule has 174 valence electrons. The molecule has 0 radical (unpaired) electrons. The second-order valence-electron chi connectivity index (χ2n) is 9.17. The number of carbonyl (C=O) groups excluding carboxylic acids is 1. The van der Waals surface area contributed by atoms with E-state index < -0.39 is 5.54 Å². The number of methoxy groups -OCH3 is 1. The molecule has 1 aliphatic carbocycles. The predicted molar refractivity (Wildman–Crippen MR) is 125 cm³/mol. The van der Waals surface area contributed by atoms with Gasteiger partial charge in [0.1, 0.15) is 18.1 Å². The summed E-state index contributed by atoms with van der Waals surface area (Å²) in [5, 5.41) is 4.88. The van der Waals surface area contributed by atoms with E-state index in [9.17, 15) is 4.79 Å². The van der Waals surface area contributed by atoms with Crippen LogP contribution >= 0.6 is 0 Å². The lowest BCUT2D eigenvalue weighted by Gasteiger charge is -2.41. The van der Waals surface area contributed by atoms with Gasteiger partial charge in [-0.3, -0.25) is 4.79 Å². The van der Waals surface area contributed by atoms with Gasteiger partial charge in [-0.25, -0.2) is 4.68 Å². The van der Waals surface area contributed by atoms with E-state index in [1.165, 1.54) is 0 Å². The first-order valence-corrected chi connectivity index (χ1v) is 11.4. The zero-order valence-corrected chi connectivity index (χ0v) is 19.4. The summed E-state index contributed by atoms with van der Waals surface area (Å²) in [6.45, 7) is 6.17. The zero-order chi connectivity index (χ0) is 23.2. The topological polar surface area (TPSA) is 91.8 Å². The van der Waals surface area contributed by atoms with Crippen LogP contribution in [0, 0.1) is 0 Å². The maximum absolute atomic E-state index is 13.8. The summed E-state index contributed by atoms with van der Waals surface area (Å²) in [5.41, 5.74) is 10.4. The van der Waals surface area contributed by atoms with Gasteiger partial charge in [0, 0.05) is 35.8 Å². The second-order valence-corrected chi connectivity index (χ2v) is 9.17. The Hall–Kier alpha value is -3.10. The molecule has 0 atom stereocenters. The van der Waals surface area contributed by atoms with E-state index in [-0.39, 0.29) is 12.5 Å². The molecule has 1 saturated heterocycles. The van der Waals surface area contributed by atoms with Crippen molar-refractivity contribution >= 4 is 11.6 Å². The standard InChI is InChI=1S/C25H30N4O4/c1-25(2)15-32-10-9-28(25)24(30)22-19-14-33-21-12-20(31-3)16(13-26)11-18(21)23(19)29(27-22)17-7-5-4-6-8-17/h5,7-8,11-12H,4,6,9-10,13-15,26H2,1-3H3. The van der Waals surface area contributed by atoms with Gasteiger partial charge < -0.3 is 24.8 Å². The van der Waals surface area contributed by atoms with Crippen molar-refractivity contribution in [3.63, 3.8) is 0 Å². The molecular weight excluding hydrogens is 420 g/mol. The Morgan fingerprint density at radius 1 is 1.30 bits per heavy atom. The van der Waals surface area contributed by atoms with E-state index in [0.717, 1.165) is 40.9 Å². The van der Waals surface area contributed by atoms with Crippen molar-refractivity contribution in [2.24, 2.45) is 5.73 Å². The molecule has 8 nitrogen and oxygen atoms in total. The normalized spacial score (nSPS) is 18.8. The number of hydrogen-bond donors (Lipinski definition) is 1. The SMILES string of the molecule is COc1cc2c(cc1CN)-c1c(c(C(=O)N3CCOCC3(C)C)nn1C1=CCCC=C1)CO2. The average Bonchev–Trinajstić information content (AvgIpc) is 3.23. The van der Waals surface area contributed by atoms with Crippen LogP contribution < -0.4 is 15.2 Å². The molecule has 5 rings (SSSR count). The van der Waals surface area contributed by atoms with E-state index >= 15 is 0 Å². The molecule has 2 aliphatic heterocycles. The molecule has 0 bridgehead atoms. The third-order valence-electron chi connectivity index (χ3n) is 6.53. The van der Waals surface area contributed by atoms with Crippen molar-refractivity contribution in [1.29, 1.82) is 0 Å². The van der Waals surface area contributed by atoms with E-state index in [1.54, 1.807) is 7.11 Å². The molecular formula is C25H30N4O4. The number of hydrogen-bond acceptors (Lipinski definition) is 6. The summed E-state index contributed by atoms with van der Waals surface area (Å²) in [6.07, 6.45) is 8.28. The van der Waals surface area contributed by atoms with E-state index in [1.807, 2.05) is 35.6 Å². The van der Waals surface area contributed by atoms with Crippen LogP contribution in [0.25, 0.3) is 17.0 Å². The van der Waals surface area contributed by atoms with Gasteiger partial charge in [-0.2, -0.15) is 5.10 Å². The summed E-state index contributed by atoms with van der Waals surface area (Å²) in [7, 11) is 1.62. The Morgan fingerprint density at radius 3 is 2.85 bits per heavy atom. The maximum Gasteiger partial charge on any atom is 0.275 e. The molecule has 2 N–H and O–H groups in total. The van der Waals surface area contributed by atoms with Gasteiger partial charge in [0.25, 0.3) is 5.91 Å². The number of morpholine rings is 1. The predicted octanol–water partition coefficient (Wildman–Crippen LogP) is 3.35. The Bertz CT molecular complexity index is 1160. The lowest BCUT2D eigenvalue weighted by atomic mass is 9.97. The van der Waals surface area contributed by atoms with Gasteiger partial charge in [-0.05, 0) is 38.8 Å². The lowest BCUT2D eigenvalue weighted by Crippen LogP contribution is -2.55. The molecule has 33 heavy (non-hydrogen) atoms. The molecule has 2 aromatic rings. The van der Waals surface area contributed by atoms with Gasteiger partial charge in [0.2, 0.25) is 0 Å². The smallest absolute Gasteiger partial charge is 0.275 e. The van der Waals surface area contributed by atoms with Gasteiger partial charge >= 0.3 is 0 Å². The van der Waals surface area contributed by atoms with Crippen molar-refractivity contribution in [3.05, 3.63) is 47.2 Å². The molecule has 0 unspecified atom stereocenters. The molecule has 1 amide bonds. The summed E-state index contributed by atoms with van der Waals surface area (Å²) in [6, 6.07) is 3.86. The lowest BCUT2D eigenvalue weighted by molar-refractivity contribution is -0.0374. The van der Waals surface area contributed by atoms with E-state index in [2.05, 4.69) is 18.2 Å². The van der Waals surface area contributed by atoms with Crippen molar-refractivity contribution in [2.75, 3.05) is 26.9 Å². The monoisotopic (exact) mass is 450 g/mol. The summed E-state index contributed by atoms with van der Waals surface area (Å²) >= 11 is 0. The van der Waals surface area contributed by atoms with Crippen LogP contribution in [0.4, 0.5) is 0 Å². The molecule has 1 fully saturated rings. The number of aromatic nitrogens is 2. The summed E-state index contributed by atoms with van der Waals surface area (Å²) in [4.78, 5) is 15.6. The fourth-order valence-corrected chi connectivity index (χ4v) is 4.75. The number of allylic oxidation sites excluding steroid dienone is 4. The van der Waals surface area contributed by atoms with Gasteiger partial charge in [0.15, 0.2) is 5.69 Å². The van der Waals surface area contributed by atoms with Crippen LogP contribution in [-0.2, 0) is 17.9 Å². The van der Waals surface area contributed by atoms with Crippen LogP contribution in [0.5, 0.6) is 11.5 Å². The minimum absolute atomic E-state index is 0.0988. The molecule has 3 heterocycles. The Kier molecular flexibility index (Phi) is 5.50. The number of nitrogens with zero attached hydrogens (tertiary/aromatic N) is 3. The first kappa shape index (κ1) is 21.7. The van der Waals surface area contributed by atoms with Gasteiger partial charge in [-0.15, -0.1) is 0 Å². The first-order chi connectivity index (χ1) is 15.9. The third-order valence-corrected chi connectivity index (χ3v) is 6.53.